The number of carbonyl (C=O) groups excluding carboxylic acids is 2. The summed E-state index contributed by atoms with van der Waals surface area (Å²) in [5, 5.41) is 8.76. The number of hydrogen-bond acceptors (Lipinski definition) is 9. The van der Waals surface area contributed by atoms with Crippen molar-refractivity contribution in [3.63, 3.8) is 0 Å². The SMILES string of the molecule is C=C(C)C(=O)OCCCCCCOc1ccc(/C=C/C(=O)OCCCOc2ccc(/C=C/C(=O)O)cc2OC)cc1OC. The zero-order valence-corrected chi connectivity index (χ0v) is 25.0. The van der Waals surface area contributed by atoms with Gasteiger partial charge in [0, 0.05) is 24.1 Å². The molecule has 2 aromatic rings. The quantitative estimate of drug-likeness (QED) is 0.112. The van der Waals surface area contributed by atoms with Gasteiger partial charge in [0.2, 0.25) is 0 Å². The highest BCUT2D eigenvalue weighted by Gasteiger charge is 2.08. The highest BCUT2D eigenvalue weighted by molar-refractivity contribution is 5.87. The Labute approximate surface area is 252 Å². The number of carboxylic acid groups (broad SMARTS) is 1. The minimum Gasteiger partial charge on any atom is -0.493 e. The van der Waals surface area contributed by atoms with E-state index in [1.807, 2.05) is 6.07 Å². The number of rotatable bonds is 20. The molecule has 232 valence electrons. The highest BCUT2D eigenvalue weighted by atomic mass is 16.5. The van der Waals surface area contributed by atoms with Crippen LogP contribution in [0.5, 0.6) is 23.0 Å². The van der Waals surface area contributed by atoms with Crippen molar-refractivity contribution >= 4 is 30.1 Å². The largest absolute Gasteiger partial charge is 0.493 e. The highest BCUT2D eigenvalue weighted by Crippen LogP contribution is 2.30. The zero-order chi connectivity index (χ0) is 31.5. The molecule has 0 aromatic heterocycles. The Morgan fingerprint density at radius 3 is 1.74 bits per heavy atom. The first-order valence-corrected chi connectivity index (χ1v) is 13.9. The van der Waals surface area contributed by atoms with E-state index >= 15 is 0 Å². The summed E-state index contributed by atoms with van der Waals surface area (Å²) in [4.78, 5) is 34.2. The second-order valence-electron chi connectivity index (χ2n) is 9.37. The van der Waals surface area contributed by atoms with Crippen LogP contribution in [0, 0.1) is 0 Å². The van der Waals surface area contributed by atoms with Gasteiger partial charge in [0.15, 0.2) is 23.0 Å². The molecule has 10 nitrogen and oxygen atoms in total. The Morgan fingerprint density at radius 2 is 1.21 bits per heavy atom. The smallest absolute Gasteiger partial charge is 0.333 e. The molecule has 0 saturated heterocycles. The molecule has 0 aliphatic heterocycles. The van der Waals surface area contributed by atoms with Gasteiger partial charge in [-0.05, 0) is 80.2 Å². The number of benzene rings is 2. The number of aliphatic carboxylic acids is 1. The standard InChI is InChI=1S/C33H40O10/c1-24(2)33(37)43-19-8-6-5-7-18-40-27-15-11-26(23-30(27)39-4)13-17-32(36)42-21-9-20-41-28-14-10-25(12-16-31(34)35)22-29(28)38-3/h10-17,22-23H,1,5-9,18-21H2,2-4H3,(H,34,35)/b16-12+,17-13+. The molecule has 0 unspecified atom stereocenters. The van der Waals surface area contributed by atoms with E-state index in [0.29, 0.717) is 60.4 Å². The second kappa shape index (κ2) is 19.4. The molecule has 0 radical (unpaired) electrons. The minimum atomic E-state index is -1.04. The molecule has 0 fully saturated rings. The van der Waals surface area contributed by atoms with Crippen LogP contribution >= 0.6 is 0 Å². The molecule has 0 bridgehead atoms. The molecule has 43 heavy (non-hydrogen) atoms. The van der Waals surface area contributed by atoms with Crippen molar-refractivity contribution in [3.8, 4) is 23.0 Å². The lowest BCUT2D eigenvalue weighted by Crippen LogP contribution is -2.07. The van der Waals surface area contributed by atoms with Crippen molar-refractivity contribution in [1.82, 2.24) is 0 Å². The van der Waals surface area contributed by atoms with Gasteiger partial charge in [-0.25, -0.2) is 14.4 Å². The van der Waals surface area contributed by atoms with Gasteiger partial charge < -0.3 is 33.5 Å². The third-order valence-electron chi connectivity index (χ3n) is 5.87. The fourth-order valence-corrected chi connectivity index (χ4v) is 3.64. The van der Waals surface area contributed by atoms with Crippen LogP contribution in [0.4, 0.5) is 0 Å². The summed E-state index contributed by atoms with van der Waals surface area (Å²) in [6.07, 6.45) is 9.45. The molecule has 0 spiro atoms. The molecule has 0 aliphatic carbocycles. The Balaban J connectivity index is 1.69. The minimum absolute atomic E-state index is 0.167. The summed E-state index contributed by atoms with van der Waals surface area (Å²) >= 11 is 0. The fraction of sp³-hybridized carbons (Fsp3) is 0.364. The Morgan fingerprint density at radius 1 is 0.698 bits per heavy atom. The normalized spacial score (nSPS) is 10.9. The molecule has 0 saturated carbocycles. The van der Waals surface area contributed by atoms with Gasteiger partial charge in [-0.1, -0.05) is 18.7 Å². The molecule has 10 heteroatoms. The van der Waals surface area contributed by atoms with Crippen LogP contribution < -0.4 is 18.9 Å². The van der Waals surface area contributed by atoms with Crippen LogP contribution in [0.2, 0.25) is 0 Å². The number of esters is 2. The van der Waals surface area contributed by atoms with Crippen LogP contribution in [-0.4, -0.2) is 63.7 Å². The lowest BCUT2D eigenvalue weighted by molar-refractivity contribution is -0.139. The van der Waals surface area contributed by atoms with Crippen molar-refractivity contribution in [2.75, 3.05) is 40.6 Å². The maximum absolute atomic E-state index is 12.1. The second-order valence-corrected chi connectivity index (χ2v) is 9.37. The van der Waals surface area contributed by atoms with Crippen molar-refractivity contribution in [1.29, 1.82) is 0 Å². The summed E-state index contributed by atoms with van der Waals surface area (Å²) in [7, 11) is 3.05. The predicted octanol–water partition coefficient (Wildman–Crippen LogP) is 5.89. The third kappa shape index (κ3) is 13.7. The van der Waals surface area contributed by atoms with E-state index in [1.165, 1.54) is 19.3 Å². The number of hydrogen-bond donors (Lipinski definition) is 1. The van der Waals surface area contributed by atoms with E-state index in [1.54, 1.807) is 50.4 Å². The van der Waals surface area contributed by atoms with Gasteiger partial charge in [0.1, 0.15) is 0 Å². The molecule has 1 N–H and O–H groups in total. The summed E-state index contributed by atoms with van der Waals surface area (Å²) in [6.45, 7) is 6.55. The molecule has 0 atom stereocenters. The van der Waals surface area contributed by atoms with Crippen LogP contribution in [-0.2, 0) is 23.9 Å². The molecule has 0 amide bonds. The topological polar surface area (TPSA) is 127 Å². The van der Waals surface area contributed by atoms with Crippen molar-refractivity contribution in [2.45, 2.75) is 39.0 Å². The van der Waals surface area contributed by atoms with Crippen LogP contribution in [0.3, 0.4) is 0 Å². The third-order valence-corrected chi connectivity index (χ3v) is 5.87. The van der Waals surface area contributed by atoms with Crippen LogP contribution in [0.25, 0.3) is 12.2 Å². The number of methoxy groups -OCH3 is 2. The molecule has 2 rings (SSSR count). The van der Waals surface area contributed by atoms with Crippen LogP contribution in [0.15, 0.2) is 60.7 Å². The Kier molecular flexibility index (Phi) is 15.6. The number of unbranched alkanes of at least 4 members (excludes halogenated alkanes) is 3. The summed E-state index contributed by atoms with van der Waals surface area (Å²) < 4.78 is 32.6. The van der Waals surface area contributed by atoms with Crippen molar-refractivity contribution in [3.05, 3.63) is 71.8 Å². The van der Waals surface area contributed by atoms with Gasteiger partial charge in [-0.2, -0.15) is 0 Å². The van der Waals surface area contributed by atoms with E-state index < -0.39 is 11.9 Å². The van der Waals surface area contributed by atoms with Gasteiger partial charge >= 0.3 is 17.9 Å². The van der Waals surface area contributed by atoms with Crippen LogP contribution in [0.1, 0.15) is 50.2 Å². The molecular weight excluding hydrogens is 556 g/mol. The Bertz CT molecular complexity index is 1280. The van der Waals surface area contributed by atoms with Gasteiger partial charge in [-0.3, -0.25) is 0 Å². The van der Waals surface area contributed by atoms with E-state index in [-0.39, 0.29) is 12.6 Å². The van der Waals surface area contributed by atoms with Gasteiger partial charge in [-0.15, -0.1) is 0 Å². The average molecular weight is 597 g/mol. The lowest BCUT2D eigenvalue weighted by Gasteiger charge is -2.11. The molecule has 2 aromatic carbocycles. The summed E-state index contributed by atoms with van der Waals surface area (Å²) in [6, 6.07) is 10.5. The zero-order valence-electron chi connectivity index (χ0n) is 25.0. The molecule has 0 aliphatic rings. The first kappa shape index (κ1) is 34.5. The van der Waals surface area contributed by atoms with Gasteiger partial charge in [0.25, 0.3) is 0 Å². The first-order chi connectivity index (χ1) is 20.7. The van der Waals surface area contributed by atoms with Crippen molar-refractivity contribution in [2.24, 2.45) is 0 Å². The van der Waals surface area contributed by atoms with E-state index in [9.17, 15) is 14.4 Å². The van der Waals surface area contributed by atoms with E-state index in [0.717, 1.165) is 37.3 Å². The maximum Gasteiger partial charge on any atom is 0.333 e. The monoisotopic (exact) mass is 596 g/mol. The predicted molar refractivity (Wildman–Crippen MR) is 162 cm³/mol. The first-order valence-electron chi connectivity index (χ1n) is 13.9. The summed E-state index contributed by atoms with van der Waals surface area (Å²) in [5.74, 6) is 0.256. The van der Waals surface area contributed by atoms with E-state index in [2.05, 4.69) is 6.58 Å². The molecular formula is C33H40O10. The lowest BCUT2D eigenvalue weighted by atomic mass is 10.2. The van der Waals surface area contributed by atoms with Crippen molar-refractivity contribution < 1.29 is 47.9 Å². The number of carboxylic acids is 1. The fourth-order valence-electron chi connectivity index (χ4n) is 3.64. The number of ether oxygens (including phenoxy) is 6. The van der Waals surface area contributed by atoms with E-state index in [4.69, 9.17) is 33.5 Å². The maximum atomic E-state index is 12.1. The van der Waals surface area contributed by atoms with Gasteiger partial charge in [0.05, 0.1) is 40.6 Å². The summed E-state index contributed by atoms with van der Waals surface area (Å²) in [5.41, 5.74) is 1.82. The Hall–Kier alpha value is -4.73. The number of carbonyl (C=O) groups is 3. The molecule has 0 heterocycles. The average Bonchev–Trinajstić information content (AvgIpc) is 3.00.